The molecule has 2 aliphatic heterocycles. The third-order valence-electron chi connectivity index (χ3n) is 4.78. The van der Waals surface area contributed by atoms with E-state index in [0.717, 1.165) is 11.1 Å². The topological polar surface area (TPSA) is 35.6 Å². The van der Waals surface area contributed by atoms with Gasteiger partial charge in [-0.1, -0.05) is 42.0 Å². The van der Waals surface area contributed by atoms with Crippen LogP contribution in [0.1, 0.15) is 29.2 Å². The van der Waals surface area contributed by atoms with Crippen LogP contribution >= 0.6 is 0 Å². The van der Waals surface area contributed by atoms with Crippen molar-refractivity contribution >= 4 is 5.91 Å². The molecule has 128 valence electrons. The number of rotatable bonds is 3. The molecule has 4 nitrogen and oxygen atoms in total. The first kappa shape index (κ1) is 15.8. The molecule has 1 N–H and O–H groups in total. The number of hydrogen-bond acceptors (Lipinski definition) is 3. The maximum absolute atomic E-state index is 13.1. The molecule has 1 saturated heterocycles. The van der Waals surface area contributed by atoms with Crippen LogP contribution < -0.4 is 5.43 Å². The second-order valence-electron chi connectivity index (χ2n) is 6.65. The Kier molecular flexibility index (Phi) is 4.01. The van der Waals surface area contributed by atoms with Gasteiger partial charge in [-0.25, -0.2) is 9.82 Å². The molecule has 0 aliphatic carbocycles. The van der Waals surface area contributed by atoms with Crippen molar-refractivity contribution in [2.24, 2.45) is 0 Å². The summed E-state index contributed by atoms with van der Waals surface area (Å²) in [6.45, 7) is 2.62. The van der Waals surface area contributed by atoms with E-state index in [2.05, 4.69) is 11.5 Å². The SMILES string of the molecule is Cc1cccc(CN2C=CN3NC(c4ccc(F)cc4)CC3C2=O)c1. The summed E-state index contributed by atoms with van der Waals surface area (Å²) in [7, 11) is 0. The minimum atomic E-state index is -0.250. The molecular weight excluding hydrogens is 317 g/mol. The number of nitrogens with one attached hydrogen (secondary N) is 1. The Hall–Kier alpha value is -2.66. The summed E-state index contributed by atoms with van der Waals surface area (Å²) in [4.78, 5) is 14.6. The van der Waals surface area contributed by atoms with E-state index in [-0.39, 0.29) is 23.8 Å². The van der Waals surface area contributed by atoms with Crippen molar-refractivity contribution in [3.8, 4) is 0 Å². The summed E-state index contributed by atoms with van der Waals surface area (Å²) < 4.78 is 13.1. The van der Waals surface area contributed by atoms with Gasteiger partial charge in [-0.3, -0.25) is 4.79 Å². The van der Waals surface area contributed by atoms with E-state index in [4.69, 9.17) is 0 Å². The second kappa shape index (κ2) is 6.33. The number of amides is 1. The Bertz CT molecular complexity index is 818. The molecule has 2 aromatic rings. The van der Waals surface area contributed by atoms with Crippen molar-refractivity contribution in [3.05, 3.63) is 83.4 Å². The fourth-order valence-corrected chi connectivity index (χ4v) is 3.49. The van der Waals surface area contributed by atoms with Gasteiger partial charge < -0.3 is 9.91 Å². The highest BCUT2D eigenvalue weighted by atomic mass is 19.1. The zero-order valence-electron chi connectivity index (χ0n) is 14.0. The maximum Gasteiger partial charge on any atom is 0.251 e. The highest BCUT2D eigenvalue weighted by molar-refractivity contribution is 5.84. The molecule has 1 amide bonds. The summed E-state index contributed by atoms with van der Waals surface area (Å²) in [5, 5.41) is 1.86. The number of carbonyl (C=O) groups is 1. The van der Waals surface area contributed by atoms with Gasteiger partial charge in [0, 0.05) is 12.4 Å². The fourth-order valence-electron chi connectivity index (χ4n) is 3.49. The van der Waals surface area contributed by atoms with Gasteiger partial charge in [-0.05, 0) is 36.6 Å². The molecule has 2 aromatic carbocycles. The average molecular weight is 337 g/mol. The highest BCUT2D eigenvalue weighted by Gasteiger charge is 2.39. The molecule has 0 radical (unpaired) electrons. The van der Waals surface area contributed by atoms with Crippen molar-refractivity contribution in [2.45, 2.75) is 32.0 Å². The molecule has 0 spiro atoms. The Morgan fingerprint density at radius 1 is 1.16 bits per heavy atom. The number of halogens is 1. The quantitative estimate of drug-likeness (QED) is 0.934. The summed E-state index contributed by atoms with van der Waals surface area (Å²) >= 11 is 0. The van der Waals surface area contributed by atoms with Crippen molar-refractivity contribution in [2.75, 3.05) is 0 Å². The zero-order chi connectivity index (χ0) is 17.4. The number of aryl methyl sites for hydroxylation is 1. The van der Waals surface area contributed by atoms with Crippen LogP contribution in [-0.2, 0) is 11.3 Å². The second-order valence-corrected chi connectivity index (χ2v) is 6.65. The monoisotopic (exact) mass is 337 g/mol. The van der Waals surface area contributed by atoms with E-state index in [1.165, 1.54) is 17.7 Å². The number of carbonyl (C=O) groups excluding carboxylic acids is 1. The number of fused-ring (bicyclic) bond motifs is 1. The van der Waals surface area contributed by atoms with Gasteiger partial charge in [0.05, 0.1) is 12.6 Å². The van der Waals surface area contributed by atoms with E-state index in [9.17, 15) is 9.18 Å². The lowest BCUT2D eigenvalue weighted by atomic mass is 10.0. The fraction of sp³-hybridized carbons (Fsp3) is 0.250. The third-order valence-corrected chi connectivity index (χ3v) is 4.78. The number of benzene rings is 2. The van der Waals surface area contributed by atoms with Crippen LogP contribution in [0.5, 0.6) is 0 Å². The molecule has 2 aliphatic rings. The van der Waals surface area contributed by atoms with Gasteiger partial charge in [-0.15, -0.1) is 0 Å². The Morgan fingerprint density at radius 2 is 1.96 bits per heavy atom. The average Bonchev–Trinajstić information content (AvgIpc) is 3.03. The van der Waals surface area contributed by atoms with Gasteiger partial charge in [0.2, 0.25) is 0 Å². The minimum Gasteiger partial charge on any atom is -0.311 e. The van der Waals surface area contributed by atoms with Crippen LogP contribution in [0.4, 0.5) is 4.39 Å². The third kappa shape index (κ3) is 3.15. The molecule has 0 bridgehead atoms. The standard InChI is InChI=1S/C20H20FN3O/c1-14-3-2-4-15(11-14)13-23-9-10-24-19(20(23)25)12-18(22-24)16-5-7-17(21)8-6-16/h2-11,18-19,22H,12-13H2,1H3. The van der Waals surface area contributed by atoms with Gasteiger partial charge in [0.25, 0.3) is 5.91 Å². The molecule has 2 heterocycles. The molecule has 4 rings (SSSR count). The molecule has 0 saturated carbocycles. The number of hydrogen-bond donors (Lipinski definition) is 1. The van der Waals surface area contributed by atoms with Gasteiger partial charge in [0.1, 0.15) is 11.9 Å². The largest absolute Gasteiger partial charge is 0.311 e. The number of hydrazine groups is 1. The molecule has 2 atom stereocenters. The van der Waals surface area contributed by atoms with Gasteiger partial charge >= 0.3 is 0 Å². The summed E-state index contributed by atoms with van der Waals surface area (Å²) in [5.74, 6) is -0.166. The van der Waals surface area contributed by atoms with Crippen LogP contribution in [0.2, 0.25) is 0 Å². The smallest absolute Gasteiger partial charge is 0.251 e. The maximum atomic E-state index is 13.1. The normalized spacial score (nSPS) is 22.4. The first-order valence-corrected chi connectivity index (χ1v) is 8.44. The van der Waals surface area contributed by atoms with Crippen molar-refractivity contribution < 1.29 is 9.18 Å². The lowest BCUT2D eigenvalue weighted by Crippen LogP contribution is -2.47. The van der Waals surface area contributed by atoms with Crippen LogP contribution in [-0.4, -0.2) is 21.9 Å². The summed E-state index contributed by atoms with van der Waals surface area (Å²) in [5.41, 5.74) is 6.62. The van der Waals surface area contributed by atoms with Crippen molar-refractivity contribution in [1.82, 2.24) is 15.3 Å². The molecular formula is C20H20FN3O. The van der Waals surface area contributed by atoms with Gasteiger partial charge in [0.15, 0.2) is 0 Å². The molecule has 0 aromatic heterocycles. The highest BCUT2D eigenvalue weighted by Crippen LogP contribution is 2.31. The molecule has 2 unspecified atom stereocenters. The lowest BCUT2D eigenvalue weighted by molar-refractivity contribution is -0.134. The Balaban J connectivity index is 1.49. The summed E-state index contributed by atoms with van der Waals surface area (Å²) in [6, 6.07) is 14.4. The Labute approximate surface area is 146 Å². The van der Waals surface area contributed by atoms with E-state index in [1.807, 2.05) is 42.5 Å². The minimum absolute atomic E-state index is 0.0121. The van der Waals surface area contributed by atoms with E-state index < -0.39 is 0 Å². The van der Waals surface area contributed by atoms with Crippen molar-refractivity contribution in [1.29, 1.82) is 0 Å². The van der Waals surface area contributed by atoms with Crippen LogP contribution in [0.15, 0.2) is 60.9 Å². The van der Waals surface area contributed by atoms with E-state index in [0.29, 0.717) is 13.0 Å². The van der Waals surface area contributed by atoms with Crippen LogP contribution in [0.25, 0.3) is 0 Å². The lowest BCUT2D eigenvalue weighted by Gasteiger charge is -2.31. The van der Waals surface area contributed by atoms with E-state index >= 15 is 0 Å². The first-order chi connectivity index (χ1) is 12.1. The summed E-state index contributed by atoms with van der Waals surface area (Å²) in [6.07, 6.45) is 4.39. The predicted octanol–water partition coefficient (Wildman–Crippen LogP) is 3.27. The molecule has 25 heavy (non-hydrogen) atoms. The first-order valence-electron chi connectivity index (χ1n) is 8.44. The molecule has 1 fully saturated rings. The Morgan fingerprint density at radius 3 is 2.72 bits per heavy atom. The van der Waals surface area contributed by atoms with Gasteiger partial charge in [-0.2, -0.15) is 0 Å². The van der Waals surface area contributed by atoms with Crippen LogP contribution in [0, 0.1) is 12.7 Å². The molecule has 5 heteroatoms. The van der Waals surface area contributed by atoms with Crippen molar-refractivity contribution in [3.63, 3.8) is 0 Å². The van der Waals surface area contributed by atoms with E-state index in [1.54, 1.807) is 17.0 Å². The predicted molar refractivity (Wildman–Crippen MR) is 93.4 cm³/mol. The van der Waals surface area contributed by atoms with Crippen LogP contribution in [0.3, 0.4) is 0 Å². The zero-order valence-corrected chi connectivity index (χ0v) is 14.0. The number of nitrogens with zero attached hydrogens (tertiary/aromatic N) is 2.